The van der Waals surface area contributed by atoms with Crippen LogP contribution in [0, 0.1) is 0 Å². The van der Waals surface area contributed by atoms with Crippen LogP contribution in [-0.4, -0.2) is 62.9 Å². The van der Waals surface area contributed by atoms with Crippen LogP contribution in [0.1, 0.15) is 18.7 Å². The second-order valence-corrected chi connectivity index (χ2v) is 11.0. The van der Waals surface area contributed by atoms with Gasteiger partial charge in [0.25, 0.3) is 5.56 Å². The minimum Gasteiger partial charge on any atom is -0.465 e. The molecule has 228 valence electrons. The molecule has 17 heteroatoms. The zero-order chi connectivity index (χ0) is 31.0. The summed E-state index contributed by atoms with van der Waals surface area (Å²) < 4.78 is 37.1. The zero-order valence-corrected chi connectivity index (χ0v) is 23.6. The van der Waals surface area contributed by atoms with Gasteiger partial charge in [-0.25, -0.2) is 9.36 Å². The van der Waals surface area contributed by atoms with Crippen molar-refractivity contribution >= 4 is 13.7 Å². The summed E-state index contributed by atoms with van der Waals surface area (Å²) in [6.45, 7) is 0.647. The third kappa shape index (κ3) is 7.58. The molecule has 1 fully saturated rings. The van der Waals surface area contributed by atoms with Gasteiger partial charge in [-0.05, 0) is 36.6 Å². The summed E-state index contributed by atoms with van der Waals surface area (Å²) in [6, 6.07) is 16.3. The van der Waals surface area contributed by atoms with Crippen LogP contribution in [0.25, 0.3) is 10.4 Å². The molecule has 0 amide bonds. The van der Waals surface area contributed by atoms with E-state index in [1.165, 1.54) is 12.1 Å². The van der Waals surface area contributed by atoms with Crippen molar-refractivity contribution in [3.05, 3.63) is 110 Å². The van der Waals surface area contributed by atoms with Crippen molar-refractivity contribution in [1.82, 2.24) is 14.6 Å². The number of aliphatic hydroxyl groups is 2. The fourth-order valence-electron chi connectivity index (χ4n) is 4.28. The van der Waals surface area contributed by atoms with Gasteiger partial charge in [0.1, 0.15) is 24.0 Å². The van der Waals surface area contributed by atoms with Crippen molar-refractivity contribution < 1.29 is 38.1 Å². The SMILES string of the molecule is CCOC(=O)[C@H](Cc1ccccc1)NP(=O)(OC[C@@]1(N=[N+]=[N-])O[C@@H](n2ccc(=O)[nH]c2=O)[C@@H](O)[C@H]1O)Oc1ccccc1. The average Bonchev–Trinajstić information content (AvgIpc) is 3.22. The van der Waals surface area contributed by atoms with Crippen LogP contribution in [0.3, 0.4) is 0 Å². The molecule has 1 aromatic heterocycles. The van der Waals surface area contributed by atoms with E-state index < -0.39 is 61.8 Å². The number of esters is 1. The number of H-pyrrole nitrogens is 1. The third-order valence-corrected chi connectivity index (χ3v) is 7.87. The number of azide groups is 1. The predicted molar refractivity (Wildman–Crippen MR) is 150 cm³/mol. The van der Waals surface area contributed by atoms with Gasteiger partial charge in [0.2, 0.25) is 5.72 Å². The largest absolute Gasteiger partial charge is 0.465 e. The standard InChI is InChI=1S/C26H29N6O10P/c1-2-39-24(36)19(15-17-9-5-3-6-10-17)29-43(38,42-18-11-7-4-8-12-18)40-16-26(30-31-27)22(35)21(34)23(41-26)32-14-13-20(33)28-25(32)37/h3-14,19,21-23,34-35H,2,15-16H2,1H3,(H,29,38)(H,28,33,37)/t19-,21-,22+,23+,26+,43?/m0/s1. The Hall–Kier alpha value is -4.27. The van der Waals surface area contributed by atoms with Crippen LogP contribution < -0.4 is 20.9 Å². The number of aromatic amines is 1. The zero-order valence-electron chi connectivity index (χ0n) is 22.8. The van der Waals surface area contributed by atoms with Crippen LogP contribution in [-0.2, 0) is 29.8 Å². The summed E-state index contributed by atoms with van der Waals surface area (Å²) in [5.41, 5.74) is 5.83. The molecule has 2 heterocycles. The highest BCUT2D eigenvalue weighted by molar-refractivity contribution is 7.52. The molecular formula is C26H29N6O10P. The molecule has 2 aromatic carbocycles. The van der Waals surface area contributed by atoms with E-state index in [9.17, 15) is 34.7 Å². The highest BCUT2D eigenvalue weighted by Crippen LogP contribution is 2.48. The molecule has 16 nitrogen and oxygen atoms in total. The quantitative estimate of drug-likeness (QED) is 0.0711. The Morgan fingerprint density at radius 1 is 1.19 bits per heavy atom. The van der Waals surface area contributed by atoms with Crippen molar-refractivity contribution in [3.63, 3.8) is 0 Å². The summed E-state index contributed by atoms with van der Waals surface area (Å²) in [4.78, 5) is 41.4. The van der Waals surface area contributed by atoms with Crippen LogP contribution in [0.15, 0.2) is 87.6 Å². The van der Waals surface area contributed by atoms with Gasteiger partial charge in [0.15, 0.2) is 6.23 Å². The van der Waals surface area contributed by atoms with Gasteiger partial charge in [-0.15, -0.1) is 0 Å². The van der Waals surface area contributed by atoms with Crippen molar-refractivity contribution in [2.75, 3.05) is 13.2 Å². The van der Waals surface area contributed by atoms with Crippen LogP contribution in [0.2, 0.25) is 0 Å². The number of carbonyl (C=O) groups excluding carboxylic acids is 1. The van der Waals surface area contributed by atoms with Gasteiger partial charge in [-0.2, -0.15) is 5.09 Å². The molecule has 0 saturated carbocycles. The number of ether oxygens (including phenoxy) is 2. The fourth-order valence-corrected chi connectivity index (χ4v) is 5.79. The number of nitrogens with zero attached hydrogens (tertiary/aromatic N) is 4. The van der Waals surface area contributed by atoms with Crippen molar-refractivity contribution in [2.45, 2.75) is 43.5 Å². The number of benzene rings is 2. The minimum atomic E-state index is -4.61. The molecule has 3 aromatic rings. The number of aliphatic hydroxyl groups excluding tert-OH is 2. The van der Waals surface area contributed by atoms with Crippen LogP contribution in [0.4, 0.5) is 0 Å². The summed E-state index contributed by atoms with van der Waals surface area (Å²) in [5.74, 6) is -0.689. The molecule has 1 unspecified atom stereocenters. The van der Waals surface area contributed by atoms with E-state index in [1.54, 1.807) is 55.5 Å². The van der Waals surface area contributed by atoms with Crippen molar-refractivity contribution in [2.24, 2.45) is 5.11 Å². The topological polar surface area (TPSA) is 227 Å². The smallest absolute Gasteiger partial charge is 0.459 e. The lowest BCUT2D eigenvalue weighted by atomic mass is 10.1. The molecule has 1 aliphatic heterocycles. The molecular weight excluding hydrogens is 587 g/mol. The number of hydrogen-bond donors (Lipinski definition) is 4. The Morgan fingerprint density at radius 2 is 1.86 bits per heavy atom. The van der Waals surface area contributed by atoms with Gasteiger partial charge in [0.05, 0.1) is 13.2 Å². The molecule has 0 radical (unpaired) electrons. The van der Waals surface area contributed by atoms with Gasteiger partial charge < -0.3 is 24.2 Å². The first-order valence-electron chi connectivity index (χ1n) is 13.0. The first-order valence-corrected chi connectivity index (χ1v) is 14.5. The van der Waals surface area contributed by atoms with E-state index in [1.807, 2.05) is 4.98 Å². The van der Waals surface area contributed by atoms with Crippen molar-refractivity contribution in [1.29, 1.82) is 0 Å². The predicted octanol–water partition coefficient (Wildman–Crippen LogP) is 1.76. The Labute approximate surface area is 244 Å². The summed E-state index contributed by atoms with van der Waals surface area (Å²) >= 11 is 0. The molecule has 6 atom stereocenters. The molecule has 0 bridgehead atoms. The minimum absolute atomic E-state index is 0.0156. The van der Waals surface area contributed by atoms with Gasteiger partial charge in [0, 0.05) is 17.2 Å². The molecule has 4 rings (SSSR count). The highest BCUT2D eigenvalue weighted by Gasteiger charge is 2.56. The first kappa shape index (κ1) is 31.7. The van der Waals surface area contributed by atoms with E-state index >= 15 is 0 Å². The lowest BCUT2D eigenvalue weighted by Gasteiger charge is -2.30. The van der Waals surface area contributed by atoms with E-state index in [0.29, 0.717) is 5.56 Å². The fraction of sp³-hybridized carbons (Fsp3) is 0.346. The Kier molecular flexibility index (Phi) is 10.2. The van der Waals surface area contributed by atoms with Crippen molar-refractivity contribution in [3.8, 4) is 5.75 Å². The second kappa shape index (κ2) is 13.8. The molecule has 43 heavy (non-hydrogen) atoms. The van der Waals surface area contributed by atoms with Crippen LogP contribution in [0.5, 0.6) is 5.75 Å². The second-order valence-electron chi connectivity index (χ2n) is 9.29. The van der Waals surface area contributed by atoms with E-state index in [4.69, 9.17) is 18.5 Å². The highest BCUT2D eigenvalue weighted by atomic mass is 31.2. The number of hydrogen-bond acceptors (Lipinski definition) is 11. The Morgan fingerprint density at radius 3 is 2.49 bits per heavy atom. The third-order valence-electron chi connectivity index (χ3n) is 6.32. The molecule has 0 spiro atoms. The number of rotatable bonds is 13. The number of nitrogens with one attached hydrogen (secondary N) is 2. The Balaban J connectivity index is 1.66. The van der Waals surface area contributed by atoms with E-state index in [2.05, 4.69) is 15.1 Å². The van der Waals surface area contributed by atoms with Gasteiger partial charge in [-0.1, -0.05) is 53.6 Å². The summed E-state index contributed by atoms with van der Waals surface area (Å²) in [6.07, 6.45) is -4.51. The van der Waals surface area contributed by atoms with Crippen LogP contribution >= 0.6 is 7.75 Å². The summed E-state index contributed by atoms with van der Waals surface area (Å²) in [7, 11) is -4.61. The average molecular weight is 617 g/mol. The van der Waals surface area contributed by atoms with Gasteiger partial charge in [-0.3, -0.25) is 23.7 Å². The molecule has 1 saturated heterocycles. The number of aromatic nitrogens is 2. The lowest BCUT2D eigenvalue weighted by Crippen LogP contribution is -2.46. The molecule has 0 aliphatic carbocycles. The monoisotopic (exact) mass is 616 g/mol. The maximum absolute atomic E-state index is 14.2. The maximum Gasteiger partial charge on any atom is 0.459 e. The van der Waals surface area contributed by atoms with Gasteiger partial charge >= 0.3 is 19.4 Å². The lowest BCUT2D eigenvalue weighted by molar-refractivity contribution is -0.145. The Bertz CT molecular complexity index is 1610. The normalized spacial score (nSPS) is 23.5. The maximum atomic E-state index is 14.2. The number of para-hydroxylation sites is 1. The molecule has 1 aliphatic rings. The number of carbonyl (C=O) groups is 1. The first-order chi connectivity index (χ1) is 20.6. The summed E-state index contributed by atoms with van der Waals surface area (Å²) in [5, 5.41) is 27.7. The van der Waals surface area contributed by atoms with E-state index in [-0.39, 0.29) is 18.8 Å². The van der Waals surface area contributed by atoms with E-state index in [0.717, 1.165) is 16.8 Å². The molecule has 4 N–H and O–H groups in total.